The summed E-state index contributed by atoms with van der Waals surface area (Å²) in [6.45, 7) is 1.39. The zero-order chi connectivity index (χ0) is 17.4. The topological polar surface area (TPSA) is 54.3 Å². The number of nitrogens with zero attached hydrogens (tertiary/aromatic N) is 1. The average Bonchev–Trinajstić information content (AvgIpc) is 3.02. The van der Waals surface area contributed by atoms with Crippen molar-refractivity contribution in [2.45, 2.75) is 45.1 Å². The van der Waals surface area contributed by atoms with E-state index in [0.29, 0.717) is 12.0 Å². The largest absolute Gasteiger partial charge is 0.395 e. The molecule has 1 aromatic carbocycles. The van der Waals surface area contributed by atoms with E-state index in [-0.39, 0.29) is 12.5 Å². The number of aliphatic hydroxyl groups is 1. The Bertz CT molecular complexity index is 777. The van der Waals surface area contributed by atoms with E-state index < -0.39 is 0 Å². The highest BCUT2D eigenvalue weighted by Crippen LogP contribution is 2.49. The number of carbonyl (C=O) groups excluding carboxylic acids is 1. The molecule has 3 fully saturated rings. The van der Waals surface area contributed by atoms with E-state index in [4.69, 9.17) is 0 Å². The highest BCUT2D eigenvalue weighted by Gasteiger charge is 2.40. The molecule has 0 saturated heterocycles. The third-order valence-electron chi connectivity index (χ3n) is 6.57. The number of hydrogen-bond acceptors (Lipinski definition) is 2. The number of carbonyl (C=O) groups is 1. The second-order valence-corrected chi connectivity index (χ2v) is 8.09. The third-order valence-corrected chi connectivity index (χ3v) is 6.57. The van der Waals surface area contributed by atoms with Gasteiger partial charge in [0, 0.05) is 30.2 Å². The van der Waals surface area contributed by atoms with E-state index in [1.807, 2.05) is 36.8 Å². The maximum Gasteiger partial charge on any atom is 0.253 e. The Labute approximate surface area is 150 Å². The van der Waals surface area contributed by atoms with Crippen LogP contribution in [0.25, 0.3) is 10.9 Å². The van der Waals surface area contributed by atoms with Crippen molar-refractivity contribution in [2.24, 2.45) is 11.3 Å². The number of hydrogen-bond donors (Lipinski definition) is 2. The summed E-state index contributed by atoms with van der Waals surface area (Å²) in [6, 6.07) is 6.08. The summed E-state index contributed by atoms with van der Waals surface area (Å²) in [5, 5.41) is 13.6. The van der Waals surface area contributed by atoms with Crippen LogP contribution in [0.1, 0.15) is 48.9 Å². The summed E-state index contributed by atoms with van der Waals surface area (Å²) in [7, 11) is 2.05. The lowest BCUT2D eigenvalue weighted by Crippen LogP contribution is -2.43. The van der Waals surface area contributed by atoms with Crippen molar-refractivity contribution >= 4 is 30.1 Å². The van der Waals surface area contributed by atoms with Gasteiger partial charge >= 0.3 is 0 Å². The van der Waals surface area contributed by atoms with E-state index in [2.05, 4.69) is 5.32 Å². The maximum atomic E-state index is 13.0. The summed E-state index contributed by atoms with van der Waals surface area (Å²) in [4.78, 5) is 13.0. The van der Waals surface area contributed by atoms with Crippen LogP contribution < -0.4 is 10.8 Å². The minimum atomic E-state index is 0.0260. The second kappa shape index (κ2) is 6.52. The Morgan fingerprint density at radius 3 is 2.68 bits per heavy atom. The van der Waals surface area contributed by atoms with E-state index in [1.54, 1.807) is 0 Å². The molecule has 0 unspecified atom stereocenters. The van der Waals surface area contributed by atoms with Crippen molar-refractivity contribution in [3.8, 4) is 0 Å². The van der Waals surface area contributed by atoms with Crippen molar-refractivity contribution in [1.82, 2.24) is 9.88 Å². The molecule has 132 valence electrons. The maximum absolute atomic E-state index is 13.0. The summed E-state index contributed by atoms with van der Waals surface area (Å²) in [6.07, 6.45) is 9.72. The molecule has 1 heterocycles. The van der Waals surface area contributed by atoms with Crippen molar-refractivity contribution < 1.29 is 9.90 Å². The number of fused-ring (bicyclic) bond motifs is 4. The Kier molecular flexibility index (Phi) is 4.36. The van der Waals surface area contributed by atoms with Gasteiger partial charge in [-0.15, -0.1) is 0 Å². The first-order chi connectivity index (χ1) is 12.1. The Hall–Kier alpha value is -1.75. The molecule has 0 atom stereocenters. The number of rotatable bonds is 5. The lowest BCUT2D eigenvalue weighted by atomic mass is 9.61. The summed E-state index contributed by atoms with van der Waals surface area (Å²) >= 11 is 0. The normalized spacial score (nSPS) is 25.4. The van der Waals surface area contributed by atoms with Crippen LogP contribution in [0.15, 0.2) is 24.4 Å². The second-order valence-electron chi connectivity index (χ2n) is 8.09. The van der Waals surface area contributed by atoms with Gasteiger partial charge in [0.25, 0.3) is 5.91 Å². The molecule has 4 nitrogen and oxygen atoms in total. The minimum absolute atomic E-state index is 0.0260. The first kappa shape index (κ1) is 16.7. The molecule has 2 N–H and O–H groups in total. The third kappa shape index (κ3) is 2.99. The molecule has 1 amide bonds. The SMILES string of the molecule is Bc1cccc2c1c(C(=O)NCC13CCC(CC1)CC3)cn2CCO. The van der Waals surface area contributed by atoms with Crippen LogP contribution in [0.5, 0.6) is 0 Å². The molecule has 25 heavy (non-hydrogen) atoms. The Morgan fingerprint density at radius 1 is 1.28 bits per heavy atom. The van der Waals surface area contributed by atoms with Crippen molar-refractivity contribution in [3.63, 3.8) is 0 Å². The molecule has 1 aromatic heterocycles. The van der Waals surface area contributed by atoms with Gasteiger partial charge in [0.2, 0.25) is 0 Å². The fraction of sp³-hybridized carbons (Fsp3) is 0.550. The van der Waals surface area contributed by atoms with Gasteiger partial charge in [-0.05, 0) is 55.9 Å². The summed E-state index contributed by atoms with van der Waals surface area (Å²) < 4.78 is 1.99. The highest BCUT2D eigenvalue weighted by molar-refractivity contribution is 6.40. The van der Waals surface area contributed by atoms with Crippen molar-refractivity contribution in [3.05, 3.63) is 30.0 Å². The Morgan fingerprint density at radius 2 is 2.00 bits per heavy atom. The Balaban J connectivity index is 1.57. The van der Waals surface area contributed by atoms with E-state index in [1.165, 1.54) is 38.5 Å². The molecule has 0 radical (unpaired) electrons. The number of nitrogens with one attached hydrogen (secondary N) is 1. The predicted octanol–water partition coefficient (Wildman–Crippen LogP) is 1.59. The quantitative estimate of drug-likeness (QED) is 0.814. The van der Waals surface area contributed by atoms with Gasteiger partial charge in [0.15, 0.2) is 0 Å². The van der Waals surface area contributed by atoms with Gasteiger partial charge in [-0.2, -0.15) is 0 Å². The number of benzene rings is 1. The van der Waals surface area contributed by atoms with Crippen LogP contribution in [-0.2, 0) is 6.54 Å². The predicted molar refractivity (Wildman–Crippen MR) is 103 cm³/mol. The minimum Gasteiger partial charge on any atom is -0.395 e. The van der Waals surface area contributed by atoms with Gasteiger partial charge in [-0.3, -0.25) is 4.79 Å². The summed E-state index contributed by atoms with van der Waals surface area (Å²) in [5.41, 5.74) is 3.21. The fourth-order valence-electron chi connectivity index (χ4n) is 4.96. The number of amides is 1. The highest BCUT2D eigenvalue weighted by atomic mass is 16.3. The van der Waals surface area contributed by atoms with Crippen LogP contribution in [-0.4, -0.2) is 36.6 Å². The molecule has 0 aliphatic heterocycles. The molecule has 3 aliphatic rings. The van der Waals surface area contributed by atoms with Gasteiger partial charge in [-0.25, -0.2) is 0 Å². The van der Waals surface area contributed by atoms with E-state index in [0.717, 1.165) is 34.4 Å². The van der Waals surface area contributed by atoms with E-state index in [9.17, 15) is 9.90 Å². The standard InChI is InChI=1S/C20H27BN2O2/c21-16-2-1-3-17-18(16)15(12-23(17)10-11-24)19(25)22-13-20-7-4-14(5-8-20)6-9-20/h1-3,12,14,24H,4-11,13,21H2,(H,22,25). The zero-order valence-electron chi connectivity index (χ0n) is 15.1. The van der Waals surface area contributed by atoms with Crippen LogP contribution in [0, 0.1) is 11.3 Å². The van der Waals surface area contributed by atoms with Crippen LogP contribution in [0.2, 0.25) is 0 Å². The van der Waals surface area contributed by atoms with Crippen LogP contribution in [0.4, 0.5) is 0 Å². The van der Waals surface area contributed by atoms with Gasteiger partial charge in [-0.1, -0.05) is 17.6 Å². The smallest absolute Gasteiger partial charge is 0.253 e. The molecule has 2 bridgehead atoms. The lowest BCUT2D eigenvalue weighted by molar-refractivity contribution is 0.0598. The fourth-order valence-corrected chi connectivity index (χ4v) is 4.96. The molecular formula is C20H27BN2O2. The summed E-state index contributed by atoms with van der Waals surface area (Å²) in [5.74, 6) is 0.967. The number of aromatic nitrogens is 1. The molecule has 3 saturated carbocycles. The van der Waals surface area contributed by atoms with E-state index >= 15 is 0 Å². The number of aliphatic hydroxyl groups excluding tert-OH is 1. The van der Waals surface area contributed by atoms with Gasteiger partial charge < -0.3 is 15.0 Å². The van der Waals surface area contributed by atoms with Crippen LogP contribution >= 0.6 is 0 Å². The average molecular weight is 338 g/mol. The van der Waals surface area contributed by atoms with Crippen molar-refractivity contribution in [1.29, 1.82) is 0 Å². The monoisotopic (exact) mass is 338 g/mol. The lowest BCUT2D eigenvalue weighted by Gasteiger charge is -2.46. The zero-order valence-corrected chi connectivity index (χ0v) is 15.1. The first-order valence-corrected chi connectivity index (χ1v) is 9.59. The van der Waals surface area contributed by atoms with Crippen LogP contribution in [0.3, 0.4) is 0 Å². The molecule has 2 aromatic rings. The molecular weight excluding hydrogens is 311 g/mol. The first-order valence-electron chi connectivity index (χ1n) is 9.59. The van der Waals surface area contributed by atoms with Gasteiger partial charge in [0.05, 0.1) is 12.2 Å². The molecule has 0 spiro atoms. The molecule has 5 heteroatoms. The van der Waals surface area contributed by atoms with Crippen molar-refractivity contribution in [2.75, 3.05) is 13.2 Å². The van der Waals surface area contributed by atoms with Gasteiger partial charge in [0.1, 0.15) is 7.85 Å². The molecule has 5 rings (SSSR count). The molecule has 3 aliphatic carbocycles.